The first-order valence-electron chi connectivity index (χ1n) is 5.24. The van der Waals surface area contributed by atoms with Crippen LogP contribution in [0.15, 0.2) is 15.9 Å². The average Bonchev–Trinajstić information content (AvgIpc) is 2.66. The van der Waals surface area contributed by atoms with Gasteiger partial charge >= 0.3 is 0 Å². The zero-order valence-corrected chi connectivity index (χ0v) is 12.3. The highest BCUT2D eigenvalue weighted by molar-refractivity contribution is 9.10. The molecule has 3 N–H and O–H groups in total. The van der Waals surface area contributed by atoms with Gasteiger partial charge in [0.1, 0.15) is 0 Å². The minimum Gasteiger partial charge on any atom is -0.379 e. The van der Waals surface area contributed by atoms with Gasteiger partial charge in [0.2, 0.25) is 0 Å². The molecule has 1 rings (SSSR count). The van der Waals surface area contributed by atoms with E-state index in [1.807, 2.05) is 0 Å². The smallest absolute Gasteiger partial charge is 0.0623 e. The summed E-state index contributed by atoms with van der Waals surface area (Å²) in [6.07, 6.45) is 1.93. The second-order valence-electron chi connectivity index (χ2n) is 4.39. The van der Waals surface area contributed by atoms with E-state index >= 15 is 0 Å². The van der Waals surface area contributed by atoms with Gasteiger partial charge in [-0.1, -0.05) is 0 Å². The van der Waals surface area contributed by atoms with E-state index in [2.05, 4.69) is 46.6 Å². The fourth-order valence-corrected chi connectivity index (χ4v) is 2.95. The lowest BCUT2D eigenvalue weighted by molar-refractivity contribution is 0.0117. The molecule has 16 heavy (non-hydrogen) atoms. The third-order valence-electron chi connectivity index (χ3n) is 2.72. The van der Waals surface area contributed by atoms with Crippen molar-refractivity contribution < 1.29 is 4.74 Å². The largest absolute Gasteiger partial charge is 0.379 e. The maximum Gasteiger partial charge on any atom is 0.0623 e. The molecule has 92 valence electrons. The minimum absolute atomic E-state index is 0.0937. The summed E-state index contributed by atoms with van der Waals surface area (Å²) in [7, 11) is 1.74. The van der Waals surface area contributed by atoms with Crippen LogP contribution in [0.4, 0.5) is 0 Å². The van der Waals surface area contributed by atoms with Crippen molar-refractivity contribution in [2.75, 3.05) is 7.11 Å². The normalized spacial score (nSPS) is 14.1. The molecule has 0 amide bonds. The number of hydrogen-bond acceptors (Lipinski definition) is 4. The Kier molecular flexibility index (Phi) is 5.40. The van der Waals surface area contributed by atoms with E-state index in [0.29, 0.717) is 0 Å². The Hall–Kier alpha value is 0.0600. The highest BCUT2D eigenvalue weighted by atomic mass is 79.9. The van der Waals surface area contributed by atoms with E-state index in [-0.39, 0.29) is 11.6 Å². The fraction of sp³-hybridized carbons (Fsp3) is 0.636. The summed E-state index contributed by atoms with van der Waals surface area (Å²) in [5.41, 5.74) is 2.77. The second kappa shape index (κ2) is 6.12. The Morgan fingerprint density at radius 2 is 2.31 bits per heavy atom. The Morgan fingerprint density at radius 3 is 2.75 bits per heavy atom. The number of hydrogen-bond donors (Lipinski definition) is 2. The first kappa shape index (κ1) is 14.1. The molecule has 0 saturated heterocycles. The van der Waals surface area contributed by atoms with Crippen molar-refractivity contribution in [2.24, 2.45) is 5.84 Å². The van der Waals surface area contributed by atoms with Crippen molar-refractivity contribution in [3.63, 3.8) is 0 Å². The SMILES string of the molecule is COC(C)(C)CCC(NN)c1cc(Br)cs1. The van der Waals surface area contributed by atoms with Crippen LogP contribution in [0, 0.1) is 0 Å². The number of nitrogens with one attached hydrogen (secondary N) is 1. The summed E-state index contributed by atoms with van der Waals surface area (Å²) >= 11 is 5.16. The maximum atomic E-state index is 5.59. The Labute approximate surface area is 109 Å². The van der Waals surface area contributed by atoms with Gasteiger partial charge in [-0.3, -0.25) is 11.3 Å². The Balaban J connectivity index is 2.56. The van der Waals surface area contributed by atoms with Crippen molar-refractivity contribution in [3.05, 3.63) is 20.8 Å². The molecule has 0 spiro atoms. The highest BCUT2D eigenvalue weighted by Crippen LogP contribution is 2.30. The highest BCUT2D eigenvalue weighted by Gasteiger charge is 2.20. The van der Waals surface area contributed by atoms with Crippen molar-refractivity contribution in [1.29, 1.82) is 0 Å². The molecule has 3 nitrogen and oxygen atoms in total. The maximum absolute atomic E-state index is 5.59. The summed E-state index contributed by atoms with van der Waals surface area (Å²) in [5, 5.41) is 2.07. The van der Waals surface area contributed by atoms with Gasteiger partial charge in [0.05, 0.1) is 11.6 Å². The van der Waals surface area contributed by atoms with Gasteiger partial charge in [0, 0.05) is 21.8 Å². The van der Waals surface area contributed by atoms with Crippen LogP contribution in [-0.4, -0.2) is 12.7 Å². The molecule has 1 aromatic rings. The number of hydrazine groups is 1. The monoisotopic (exact) mass is 306 g/mol. The molecule has 0 radical (unpaired) electrons. The van der Waals surface area contributed by atoms with Crippen LogP contribution in [0.5, 0.6) is 0 Å². The molecule has 1 atom stereocenters. The van der Waals surface area contributed by atoms with Gasteiger partial charge in [-0.2, -0.15) is 0 Å². The van der Waals surface area contributed by atoms with E-state index in [1.54, 1.807) is 18.4 Å². The van der Waals surface area contributed by atoms with E-state index in [1.165, 1.54) is 4.88 Å². The van der Waals surface area contributed by atoms with E-state index in [0.717, 1.165) is 17.3 Å². The minimum atomic E-state index is -0.0937. The Bertz CT molecular complexity index is 328. The third kappa shape index (κ3) is 4.14. The summed E-state index contributed by atoms with van der Waals surface area (Å²) in [4.78, 5) is 1.25. The number of rotatable bonds is 6. The molecule has 0 fully saturated rings. The van der Waals surface area contributed by atoms with Crippen LogP contribution in [0.25, 0.3) is 0 Å². The fourth-order valence-electron chi connectivity index (χ4n) is 1.41. The summed E-state index contributed by atoms with van der Waals surface area (Å²) < 4.78 is 6.51. The molecule has 0 bridgehead atoms. The molecular weight excluding hydrogens is 288 g/mol. The predicted molar refractivity (Wildman–Crippen MR) is 72.4 cm³/mol. The van der Waals surface area contributed by atoms with E-state index < -0.39 is 0 Å². The Morgan fingerprint density at radius 1 is 1.62 bits per heavy atom. The molecule has 0 aliphatic heterocycles. The van der Waals surface area contributed by atoms with Crippen LogP contribution in [0.3, 0.4) is 0 Å². The number of halogens is 1. The number of ether oxygens (including phenoxy) is 1. The second-order valence-corrected chi connectivity index (χ2v) is 6.25. The number of methoxy groups -OCH3 is 1. The molecule has 5 heteroatoms. The number of nitrogens with two attached hydrogens (primary N) is 1. The van der Waals surface area contributed by atoms with E-state index in [4.69, 9.17) is 10.6 Å². The van der Waals surface area contributed by atoms with E-state index in [9.17, 15) is 0 Å². The summed E-state index contributed by atoms with van der Waals surface area (Å²) in [6, 6.07) is 2.31. The van der Waals surface area contributed by atoms with Gasteiger partial charge < -0.3 is 4.74 Å². The van der Waals surface area contributed by atoms with Crippen LogP contribution in [0.2, 0.25) is 0 Å². The molecular formula is C11H19BrN2OS. The van der Waals surface area contributed by atoms with Crippen LogP contribution < -0.4 is 11.3 Å². The van der Waals surface area contributed by atoms with Crippen LogP contribution >= 0.6 is 27.3 Å². The quantitative estimate of drug-likeness (QED) is 0.626. The zero-order valence-electron chi connectivity index (χ0n) is 9.92. The van der Waals surface area contributed by atoms with Gasteiger partial charge in [-0.25, -0.2) is 0 Å². The number of thiophene rings is 1. The van der Waals surface area contributed by atoms with Gasteiger partial charge in [-0.05, 0) is 48.7 Å². The average molecular weight is 307 g/mol. The molecule has 0 saturated carbocycles. The van der Waals surface area contributed by atoms with Gasteiger partial charge in [0.15, 0.2) is 0 Å². The zero-order chi connectivity index (χ0) is 12.2. The first-order chi connectivity index (χ1) is 7.48. The van der Waals surface area contributed by atoms with Crippen molar-refractivity contribution >= 4 is 27.3 Å². The van der Waals surface area contributed by atoms with Gasteiger partial charge in [0.25, 0.3) is 0 Å². The molecule has 0 aliphatic rings. The lowest BCUT2D eigenvalue weighted by Crippen LogP contribution is -2.30. The van der Waals surface area contributed by atoms with Gasteiger partial charge in [-0.15, -0.1) is 11.3 Å². The van der Waals surface area contributed by atoms with Crippen LogP contribution in [-0.2, 0) is 4.74 Å². The molecule has 1 aromatic heterocycles. The topological polar surface area (TPSA) is 47.3 Å². The standard InChI is InChI=1S/C11H19BrN2OS/c1-11(2,15-3)5-4-9(14-13)10-6-8(12)7-16-10/h6-7,9,14H,4-5,13H2,1-3H3. The third-order valence-corrected chi connectivity index (χ3v) is 4.53. The molecule has 1 unspecified atom stereocenters. The molecule has 1 heterocycles. The van der Waals surface area contributed by atoms with Crippen molar-refractivity contribution in [2.45, 2.75) is 38.3 Å². The summed E-state index contributed by atoms with van der Waals surface area (Å²) in [6.45, 7) is 4.18. The molecule has 0 aromatic carbocycles. The lowest BCUT2D eigenvalue weighted by Gasteiger charge is -2.25. The van der Waals surface area contributed by atoms with Crippen LogP contribution in [0.1, 0.15) is 37.6 Å². The van der Waals surface area contributed by atoms with Crippen molar-refractivity contribution in [1.82, 2.24) is 5.43 Å². The lowest BCUT2D eigenvalue weighted by atomic mass is 9.98. The molecule has 0 aliphatic carbocycles. The summed E-state index contributed by atoms with van der Waals surface area (Å²) in [5.74, 6) is 5.59. The van der Waals surface area contributed by atoms with Crippen molar-refractivity contribution in [3.8, 4) is 0 Å². The predicted octanol–water partition coefficient (Wildman–Crippen LogP) is 3.22. The first-order valence-corrected chi connectivity index (χ1v) is 6.91.